The van der Waals surface area contributed by atoms with E-state index in [0.29, 0.717) is 32.3 Å². The zero-order valence-electron chi connectivity index (χ0n) is 17.6. The van der Waals surface area contributed by atoms with E-state index in [1.165, 1.54) is 6.07 Å². The molecule has 1 unspecified atom stereocenters. The summed E-state index contributed by atoms with van der Waals surface area (Å²) in [6.07, 6.45) is 0.874. The minimum absolute atomic E-state index is 0.00185. The van der Waals surface area contributed by atoms with Crippen molar-refractivity contribution < 1.29 is 17.9 Å². The monoisotopic (exact) mass is 526 g/mol. The smallest absolute Gasteiger partial charge is 0.265 e. The van der Waals surface area contributed by atoms with Crippen molar-refractivity contribution in [2.45, 2.75) is 17.4 Å². The molecule has 0 bridgehead atoms. The number of ether oxygens (including phenoxy) is 2. The molecule has 0 radical (unpaired) electrons. The highest BCUT2D eigenvalue weighted by Gasteiger charge is 2.23. The molecule has 1 aliphatic heterocycles. The van der Waals surface area contributed by atoms with E-state index in [9.17, 15) is 8.42 Å². The highest BCUT2D eigenvalue weighted by Crippen LogP contribution is 2.34. The van der Waals surface area contributed by atoms with Gasteiger partial charge in [0.15, 0.2) is 0 Å². The SMILES string of the molecule is CN1CCC(Oc2cc(NS(=O)(=O)c3ccccc3Oc3cc(Cl)cc(Cl)c3)ccc2Cl)C1. The van der Waals surface area contributed by atoms with Gasteiger partial charge < -0.3 is 14.4 Å². The first-order chi connectivity index (χ1) is 15.7. The lowest BCUT2D eigenvalue weighted by Gasteiger charge is -2.17. The molecule has 1 N–H and O–H groups in total. The van der Waals surface area contributed by atoms with Crippen molar-refractivity contribution in [3.8, 4) is 17.2 Å². The van der Waals surface area contributed by atoms with Crippen molar-refractivity contribution in [3.63, 3.8) is 0 Å². The fourth-order valence-electron chi connectivity index (χ4n) is 3.51. The van der Waals surface area contributed by atoms with E-state index in [4.69, 9.17) is 44.3 Å². The Hall–Kier alpha value is -2.16. The Morgan fingerprint density at radius 1 is 0.970 bits per heavy atom. The number of hydrogen-bond donors (Lipinski definition) is 1. The van der Waals surface area contributed by atoms with Crippen LogP contribution in [0.1, 0.15) is 6.42 Å². The molecule has 0 spiro atoms. The second-order valence-electron chi connectivity index (χ2n) is 7.70. The third-order valence-electron chi connectivity index (χ3n) is 5.03. The number of nitrogens with one attached hydrogen (secondary N) is 1. The first kappa shape index (κ1) is 24.0. The van der Waals surface area contributed by atoms with E-state index < -0.39 is 10.0 Å². The molecule has 0 aromatic heterocycles. The van der Waals surface area contributed by atoms with Gasteiger partial charge >= 0.3 is 0 Å². The van der Waals surface area contributed by atoms with Gasteiger partial charge in [-0.25, -0.2) is 8.42 Å². The minimum atomic E-state index is -4.00. The molecule has 6 nitrogen and oxygen atoms in total. The van der Waals surface area contributed by atoms with Crippen molar-refractivity contribution in [1.29, 1.82) is 0 Å². The zero-order valence-corrected chi connectivity index (χ0v) is 20.7. The number of nitrogens with zero attached hydrogens (tertiary/aromatic N) is 1. The van der Waals surface area contributed by atoms with Crippen LogP contribution < -0.4 is 14.2 Å². The summed E-state index contributed by atoms with van der Waals surface area (Å²) >= 11 is 18.3. The van der Waals surface area contributed by atoms with Gasteiger partial charge in [0.25, 0.3) is 10.0 Å². The maximum Gasteiger partial charge on any atom is 0.265 e. The number of likely N-dealkylation sites (N-methyl/N-ethyl adjacent to an activating group) is 1. The molecule has 174 valence electrons. The summed E-state index contributed by atoms with van der Waals surface area (Å²) in [6.45, 7) is 1.72. The maximum absolute atomic E-state index is 13.2. The van der Waals surface area contributed by atoms with Gasteiger partial charge in [-0.15, -0.1) is 0 Å². The number of rotatable bonds is 7. The largest absolute Gasteiger partial charge is 0.487 e. The van der Waals surface area contributed by atoms with E-state index >= 15 is 0 Å². The van der Waals surface area contributed by atoms with Gasteiger partial charge in [0.1, 0.15) is 28.2 Å². The molecular formula is C23H21Cl3N2O4S. The Morgan fingerprint density at radius 2 is 1.70 bits per heavy atom. The van der Waals surface area contributed by atoms with Crippen LogP contribution in [0.5, 0.6) is 17.2 Å². The predicted octanol–water partition coefficient (Wildman–Crippen LogP) is 6.32. The molecule has 1 heterocycles. The number of para-hydroxylation sites is 1. The number of hydrogen-bond acceptors (Lipinski definition) is 5. The quantitative estimate of drug-likeness (QED) is 0.389. The van der Waals surface area contributed by atoms with Crippen LogP contribution in [0.25, 0.3) is 0 Å². The van der Waals surface area contributed by atoms with Crippen molar-refractivity contribution in [2.24, 2.45) is 0 Å². The Labute approximate surface area is 208 Å². The van der Waals surface area contributed by atoms with Crippen molar-refractivity contribution in [3.05, 3.63) is 75.7 Å². The molecule has 0 amide bonds. The molecule has 0 aliphatic carbocycles. The van der Waals surface area contributed by atoms with Gasteiger partial charge in [0.05, 0.1) is 10.7 Å². The van der Waals surface area contributed by atoms with Gasteiger partial charge in [-0.2, -0.15) is 0 Å². The summed E-state index contributed by atoms with van der Waals surface area (Å²) in [5, 5.41) is 1.16. The summed E-state index contributed by atoms with van der Waals surface area (Å²) < 4.78 is 40.8. The highest BCUT2D eigenvalue weighted by molar-refractivity contribution is 7.92. The summed E-state index contributed by atoms with van der Waals surface area (Å²) in [5.41, 5.74) is 0.321. The number of anilines is 1. The third-order valence-corrected chi connectivity index (χ3v) is 7.20. The van der Waals surface area contributed by atoms with Gasteiger partial charge in [-0.3, -0.25) is 4.72 Å². The highest BCUT2D eigenvalue weighted by atomic mass is 35.5. The van der Waals surface area contributed by atoms with Crippen molar-refractivity contribution >= 4 is 50.5 Å². The lowest BCUT2D eigenvalue weighted by Crippen LogP contribution is -2.21. The second-order valence-corrected chi connectivity index (χ2v) is 10.6. The normalized spacial score (nSPS) is 16.5. The van der Waals surface area contributed by atoms with Crippen LogP contribution >= 0.6 is 34.8 Å². The van der Waals surface area contributed by atoms with E-state index in [0.717, 1.165) is 19.5 Å². The van der Waals surface area contributed by atoms with Gasteiger partial charge in [0.2, 0.25) is 0 Å². The molecule has 0 saturated carbocycles. The van der Waals surface area contributed by atoms with Crippen molar-refractivity contribution in [1.82, 2.24) is 4.90 Å². The number of benzene rings is 3. The van der Waals surface area contributed by atoms with Crippen LogP contribution in [0, 0.1) is 0 Å². The molecule has 33 heavy (non-hydrogen) atoms. The van der Waals surface area contributed by atoms with E-state index in [-0.39, 0.29) is 16.7 Å². The fourth-order valence-corrected chi connectivity index (χ4v) is 5.36. The summed E-state index contributed by atoms with van der Waals surface area (Å²) in [4.78, 5) is 2.12. The van der Waals surface area contributed by atoms with E-state index in [1.807, 2.05) is 7.05 Å². The molecule has 1 aliphatic rings. The van der Waals surface area contributed by atoms with Crippen LogP contribution in [0.2, 0.25) is 15.1 Å². The van der Waals surface area contributed by atoms with E-state index in [1.54, 1.807) is 54.6 Å². The van der Waals surface area contributed by atoms with Gasteiger partial charge in [-0.05, 0) is 55.9 Å². The Morgan fingerprint density at radius 3 is 2.39 bits per heavy atom. The molecule has 1 fully saturated rings. The average molecular weight is 528 g/mol. The Balaban J connectivity index is 1.57. The summed E-state index contributed by atoms with van der Waals surface area (Å²) in [7, 11) is -1.98. The minimum Gasteiger partial charge on any atom is -0.487 e. The Bertz CT molecular complexity index is 1250. The molecule has 1 atom stereocenters. The van der Waals surface area contributed by atoms with Crippen LogP contribution in [-0.2, 0) is 10.0 Å². The average Bonchev–Trinajstić information content (AvgIpc) is 3.14. The fraction of sp³-hybridized carbons (Fsp3) is 0.217. The molecular weight excluding hydrogens is 507 g/mol. The first-order valence-electron chi connectivity index (χ1n) is 10.1. The number of likely N-dealkylation sites (tertiary alicyclic amines) is 1. The lowest BCUT2D eigenvalue weighted by molar-refractivity contribution is 0.208. The maximum atomic E-state index is 13.2. The molecule has 4 rings (SSSR count). The topological polar surface area (TPSA) is 67.9 Å². The first-order valence-corrected chi connectivity index (χ1v) is 12.7. The van der Waals surface area contributed by atoms with Crippen molar-refractivity contribution in [2.75, 3.05) is 24.9 Å². The molecule has 10 heteroatoms. The third kappa shape index (κ3) is 6.05. The predicted molar refractivity (Wildman–Crippen MR) is 132 cm³/mol. The van der Waals surface area contributed by atoms with E-state index in [2.05, 4.69) is 9.62 Å². The lowest BCUT2D eigenvalue weighted by atomic mass is 10.3. The van der Waals surface area contributed by atoms with Crippen LogP contribution in [0.4, 0.5) is 5.69 Å². The standard InChI is InChI=1S/C23H21Cl3N2O4S/c1-28-9-8-18(14-28)31-22-13-17(6-7-20(22)26)27-33(29,30)23-5-3-2-4-21(23)32-19-11-15(24)10-16(25)12-19/h2-7,10-13,18,27H,8-9,14H2,1H3. The summed E-state index contributed by atoms with van der Waals surface area (Å²) in [6, 6.07) is 15.7. The number of halogens is 3. The Kier molecular flexibility index (Phi) is 7.26. The van der Waals surface area contributed by atoms with Crippen LogP contribution in [-0.4, -0.2) is 39.6 Å². The van der Waals surface area contributed by atoms with Gasteiger partial charge in [0, 0.05) is 29.2 Å². The van der Waals surface area contributed by atoms with Crippen LogP contribution in [0.15, 0.2) is 65.6 Å². The number of sulfonamides is 1. The molecule has 3 aromatic rings. The molecule has 1 saturated heterocycles. The molecule has 3 aromatic carbocycles. The summed E-state index contributed by atoms with van der Waals surface area (Å²) in [5.74, 6) is 0.872. The van der Waals surface area contributed by atoms with Crippen LogP contribution in [0.3, 0.4) is 0 Å². The zero-order chi connectivity index (χ0) is 23.6. The second kappa shape index (κ2) is 9.99. The van der Waals surface area contributed by atoms with Gasteiger partial charge in [-0.1, -0.05) is 46.9 Å².